The fraction of sp³-hybridized carbons (Fsp3) is 0.909. The summed E-state index contributed by atoms with van der Waals surface area (Å²) in [5.41, 5.74) is -6.24. The van der Waals surface area contributed by atoms with Crippen molar-refractivity contribution in [3.8, 4) is 0 Å². The highest BCUT2D eigenvalue weighted by molar-refractivity contribution is 5.78. The first-order valence-electron chi connectivity index (χ1n) is 17.6. The lowest BCUT2D eigenvalue weighted by molar-refractivity contribution is -0.583. The minimum absolute atomic E-state index is 0.0483. The maximum absolute atomic E-state index is 15.2. The van der Waals surface area contributed by atoms with Gasteiger partial charge in [0.1, 0.15) is 6.61 Å². The van der Waals surface area contributed by atoms with Gasteiger partial charge in [-0.15, -0.1) is 0 Å². The highest BCUT2D eigenvalue weighted by Crippen LogP contribution is 2.64. The van der Waals surface area contributed by atoms with Crippen LogP contribution in [0, 0.1) is 35.5 Å². The number of ether oxygens (including phenoxy) is 5. The highest BCUT2D eigenvalue weighted by Gasteiger charge is 2.76. The Kier molecular flexibility index (Phi) is 8.04. The predicted octanol–water partition coefficient (Wildman–Crippen LogP) is 6.08. The summed E-state index contributed by atoms with van der Waals surface area (Å²) in [6, 6.07) is 0. The first-order valence-corrected chi connectivity index (χ1v) is 17.6. The van der Waals surface area contributed by atoms with Crippen LogP contribution in [0.2, 0.25) is 0 Å². The van der Waals surface area contributed by atoms with Gasteiger partial charge in [-0.25, -0.2) is 19.6 Å². The monoisotopic (exact) mass is 727 g/mol. The van der Waals surface area contributed by atoms with Gasteiger partial charge < -0.3 is 29.0 Å². The molecule has 3 unspecified atom stereocenters. The molecule has 11 nitrogen and oxygen atoms in total. The van der Waals surface area contributed by atoms with E-state index in [1.54, 1.807) is 13.8 Å². The largest absolute Gasteiger partial charge is 0.456 e. The number of rotatable bonds is 5. The molecule has 8 aliphatic heterocycles. The zero-order chi connectivity index (χ0) is 35.7. The van der Waals surface area contributed by atoms with Crippen LogP contribution in [0.5, 0.6) is 0 Å². The molecule has 2 spiro atoms. The number of carbonyl (C=O) groups is 1. The Morgan fingerprint density at radius 2 is 1.50 bits per heavy atom. The molecule has 50 heavy (non-hydrogen) atoms. The number of amides is 1. The van der Waals surface area contributed by atoms with Crippen LogP contribution in [0.4, 0.5) is 26.3 Å². The maximum atomic E-state index is 15.2. The van der Waals surface area contributed by atoms with Crippen LogP contribution in [0.3, 0.4) is 0 Å². The molecule has 10 rings (SSSR count). The van der Waals surface area contributed by atoms with Crippen LogP contribution in [0.1, 0.15) is 85.5 Å². The number of fused-ring (bicyclic) bond motifs is 4. The first-order chi connectivity index (χ1) is 23.4. The van der Waals surface area contributed by atoms with Crippen molar-refractivity contribution in [2.75, 3.05) is 13.2 Å². The molecule has 0 aromatic rings. The minimum Gasteiger partial charge on any atom is -0.456 e. The smallest absolute Gasteiger partial charge is 0.449 e. The SMILES string of the molecule is C[C@@H]1CC[C@H]2C(COCC(=O)N[C@@]3(C(F)(F)F)OC4O[C@]5(C)CCC6CCC[C@@H]([C@H]3C)[C@]64OO5)=C(C(F)(F)F)O[C@@H]3O[C@]4(C)CCC1[C@]32OO4. The van der Waals surface area contributed by atoms with Crippen molar-refractivity contribution < 1.29 is 74.4 Å². The third-order valence-corrected chi connectivity index (χ3v) is 13.0. The molecule has 1 amide bonds. The normalized spacial score (nSPS) is 49.7. The second-order valence-electron chi connectivity index (χ2n) is 15.9. The number of halogens is 6. The van der Waals surface area contributed by atoms with Crippen molar-refractivity contribution >= 4 is 5.91 Å². The van der Waals surface area contributed by atoms with Gasteiger partial charge in [0, 0.05) is 42.1 Å². The van der Waals surface area contributed by atoms with Crippen LogP contribution in [0.15, 0.2) is 11.3 Å². The molecule has 4 bridgehead atoms. The molecular formula is C33H43F6NO10. The predicted molar refractivity (Wildman–Crippen MR) is 153 cm³/mol. The lowest BCUT2D eigenvalue weighted by atomic mass is 9.59. The Bertz CT molecular complexity index is 1430. The highest BCUT2D eigenvalue weighted by atomic mass is 19.4. The van der Waals surface area contributed by atoms with Crippen LogP contribution < -0.4 is 5.32 Å². The summed E-state index contributed by atoms with van der Waals surface area (Å²) in [4.78, 5) is 36.5. The standard InChI is InChI=1S/C33H43F6NO10/c1-16-8-9-22-19(24(32(34,35)36)43-25-30(22)20(16)11-13-28(4,44-25)48-50-30)14-42-15-23(41)40-31(33(37,38)39)17(2)21-7-5-6-18-10-12-27(3)45-26(46-31)29(18,21)49-47-27/h16-18,20-22,25-26H,5-15H2,1-4H3,(H,40,41)/t16-,17-,18?,20?,21+,22+,25-,26?,27+,28+,29-,30-,31-/m1/s1. The van der Waals surface area contributed by atoms with E-state index < -0.39 is 96.1 Å². The first kappa shape index (κ1) is 35.3. The molecule has 0 aromatic heterocycles. The van der Waals surface area contributed by atoms with E-state index in [2.05, 4.69) is 0 Å². The summed E-state index contributed by atoms with van der Waals surface area (Å²) in [6.07, 6.45) is -8.60. The zero-order valence-corrected chi connectivity index (χ0v) is 28.2. The number of allylic oxidation sites excluding steroid dienone is 1. The van der Waals surface area contributed by atoms with Crippen molar-refractivity contribution in [1.82, 2.24) is 5.32 Å². The number of carbonyl (C=O) groups excluding carboxylic acids is 1. The molecule has 8 heterocycles. The van der Waals surface area contributed by atoms with Gasteiger partial charge in [-0.3, -0.25) is 4.79 Å². The summed E-state index contributed by atoms with van der Waals surface area (Å²) < 4.78 is 118. The zero-order valence-electron chi connectivity index (χ0n) is 28.2. The summed E-state index contributed by atoms with van der Waals surface area (Å²) >= 11 is 0. The van der Waals surface area contributed by atoms with Crippen LogP contribution >= 0.6 is 0 Å². The Balaban J connectivity index is 1.05. The van der Waals surface area contributed by atoms with E-state index in [1.165, 1.54) is 6.92 Å². The van der Waals surface area contributed by atoms with Crippen molar-refractivity contribution in [1.29, 1.82) is 0 Å². The molecule has 282 valence electrons. The van der Waals surface area contributed by atoms with Crippen LogP contribution in [0.25, 0.3) is 0 Å². The van der Waals surface area contributed by atoms with Crippen molar-refractivity contribution in [3.05, 3.63) is 11.3 Å². The third kappa shape index (κ3) is 4.96. The molecule has 1 N–H and O–H groups in total. The van der Waals surface area contributed by atoms with E-state index in [1.807, 2.05) is 12.2 Å². The number of nitrogens with one attached hydrogen (secondary N) is 1. The van der Waals surface area contributed by atoms with Crippen molar-refractivity contribution in [3.63, 3.8) is 0 Å². The molecule has 10 aliphatic rings. The van der Waals surface area contributed by atoms with Gasteiger partial charge in [0.05, 0.1) is 6.61 Å². The fourth-order valence-corrected chi connectivity index (χ4v) is 10.5. The molecular weight excluding hydrogens is 684 g/mol. The molecule has 2 aliphatic carbocycles. The summed E-state index contributed by atoms with van der Waals surface area (Å²) in [5, 5.41) is 2.04. The third-order valence-electron chi connectivity index (χ3n) is 13.0. The lowest BCUT2D eigenvalue weighted by Gasteiger charge is -2.62. The molecule has 17 heteroatoms. The Morgan fingerprint density at radius 3 is 2.20 bits per heavy atom. The Hall–Kier alpha value is -1.73. The van der Waals surface area contributed by atoms with Gasteiger partial charge in [-0.2, -0.15) is 26.3 Å². The van der Waals surface area contributed by atoms with Gasteiger partial charge >= 0.3 is 12.4 Å². The van der Waals surface area contributed by atoms with Crippen LogP contribution in [-0.2, 0) is 48.0 Å². The van der Waals surface area contributed by atoms with Gasteiger partial charge in [-0.1, -0.05) is 20.3 Å². The molecule has 7 saturated heterocycles. The van der Waals surface area contributed by atoms with Crippen LogP contribution in [-0.4, -0.2) is 72.6 Å². The number of hydrogen-bond donors (Lipinski definition) is 1. The van der Waals surface area contributed by atoms with E-state index in [-0.39, 0.29) is 29.7 Å². The topological polar surface area (TPSA) is 112 Å². The van der Waals surface area contributed by atoms with Gasteiger partial charge in [0.15, 0.2) is 17.5 Å². The van der Waals surface area contributed by atoms with E-state index in [9.17, 15) is 18.0 Å². The molecule has 9 fully saturated rings. The van der Waals surface area contributed by atoms with E-state index in [0.717, 1.165) is 0 Å². The van der Waals surface area contributed by atoms with E-state index in [0.29, 0.717) is 51.4 Å². The second kappa shape index (κ2) is 11.4. The van der Waals surface area contributed by atoms with Crippen molar-refractivity contribution in [2.24, 2.45) is 35.5 Å². The Morgan fingerprint density at radius 1 is 0.820 bits per heavy atom. The molecule has 13 atom stereocenters. The average molecular weight is 728 g/mol. The number of hydrogen-bond acceptors (Lipinski definition) is 10. The summed E-state index contributed by atoms with van der Waals surface area (Å²) in [7, 11) is 0. The summed E-state index contributed by atoms with van der Waals surface area (Å²) in [5.74, 6) is -8.67. The minimum atomic E-state index is -5.12. The van der Waals surface area contributed by atoms with Gasteiger partial charge in [0.25, 0.3) is 0 Å². The Labute approximate surface area is 284 Å². The van der Waals surface area contributed by atoms with E-state index in [4.69, 9.17) is 43.2 Å². The van der Waals surface area contributed by atoms with Crippen molar-refractivity contribution in [2.45, 2.75) is 139 Å². The molecule has 0 radical (unpaired) electrons. The fourth-order valence-electron chi connectivity index (χ4n) is 10.5. The second-order valence-corrected chi connectivity index (χ2v) is 15.9. The summed E-state index contributed by atoms with van der Waals surface area (Å²) in [6.45, 7) is 4.72. The van der Waals surface area contributed by atoms with Gasteiger partial charge in [-0.05, 0) is 64.2 Å². The average Bonchev–Trinajstić information content (AvgIpc) is 3.40. The number of alkyl halides is 6. The maximum Gasteiger partial charge on any atom is 0.449 e. The quantitative estimate of drug-likeness (QED) is 0.265. The molecule has 2 saturated carbocycles. The lowest BCUT2D eigenvalue weighted by Crippen LogP contribution is -2.78. The van der Waals surface area contributed by atoms with Gasteiger partial charge in [0.2, 0.25) is 35.3 Å². The molecule has 0 aromatic carbocycles. The van der Waals surface area contributed by atoms with E-state index >= 15 is 13.2 Å².